The van der Waals surface area contributed by atoms with Gasteiger partial charge in [0.25, 0.3) is 0 Å². The zero-order chi connectivity index (χ0) is 26.6. The lowest BCUT2D eigenvalue weighted by Gasteiger charge is -2.19. The van der Waals surface area contributed by atoms with E-state index in [0.717, 1.165) is 5.56 Å². The molecule has 3 aromatic rings. The summed E-state index contributed by atoms with van der Waals surface area (Å²) in [5, 5.41) is 11.4. The Bertz CT molecular complexity index is 1490. The molecule has 1 aromatic heterocycles. The van der Waals surface area contributed by atoms with Crippen LogP contribution in [-0.4, -0.2) is 69.5 Å². The summed E-state index contributed by atoms with van der Waals surface area (Å²) in [6.07, 6.45) is 1.87. The van der Waals surface area contributed by atoms with Crippen molar-refractivity contribution in [2.45, 2.75) is 30.9 Å². The molecule has 0 saturated carbocycles. The first-order chi connectivity index (χ1) is 17.7. The van der Waals surface area contributed by atoms with Gasteiger partial charge in [-0.1, -0.05) is 12.1 Å². The minimum Gasteiger partial charge on any atom is -0.497 e. The molecular formula is C24H30N4O7S2. The first kappa shape index (κ1) is 26.9. The molecular weight excluding hydrogens is 520 g/mol. The maximum Gasteiger partial charge on any atom is 0.237 e. The van der Waals surface area contributed by atoms with Crippen LogP contribution >= 0.6 is 0 Å². The molecule has 0 amide bonds. The van der Waals surface area contributed by atoms with Crippen molar-refractivity contribution in [3.8, 4) is 11.5 Å². The van der Waals surface area contributed by atoms with Crippen molar-refractivity contribution in [1.29, 1.82) is 0 Å². The number of nitrogens with zero attached hydrogens (tertiary/aromatic N) is 2. The summed E-state index contributed by atoms with van der Waals surface area (Å²) in [7, 11) is -4.42. The van der Waals surface area contributed by atoms with E-state index >= 15 is 0 Å². The molecule has 37 heavy (non-hydrogen) atoms. The van der Waals surface area contributed by atoms with Crippen LogP contribution in [0.1, 0.15) is 24.8 Å². The number of benzene rings is 2. The quantitative estimate of drug-likeness (QED) is 0.303. The Balaban J connectivity index is 1.78. The second kappa shape index (κ2) is 11.1. The van der Waals surface area contributed by atoms with Crippen LogP contribution in [0.3, 0.4) is 0 Å². The van der Waals surface area contributed by atoms with E-state index in [0.29, 0.717) is 47.5 Å². The Kier molecular flexibility index (Phi) is 8.05. The lowest BCUT2D eigenvalue weighted by molar-refractivity contribution is 0.284. The normalized spacial score (nSPS) is 17.0. The first-order valence-electron chi connectivity index (χ1n) is 11.8. The summed E-state index contributed by atoms with van der Waals surface area (Å²) < 4.78 is 63.6. The van der Waals surface area contributed by atoms with Gasteiger partial charge in [-0.25, -0.2) is 26.8 Å². The SMILES string of the molecule is COc1cc(Nc2nc3ccccc3nc2NS(=O)(=O)C2CCS(=O)(=O)C2)c(CCCCO)c(OC)c1. The molecule has 1 atom stereocenters. The summed E-state index contributed by atoms with van der Waals surface area (Å²) in [6.45, 7) is 0.0558. The predicted octanol–water partition coefficient (Wildman–Crippen LogP) is 2.63. The van der Waals surface area contributed by atoms with Crippen molar-refractivity contribution in [3.05, 3.63) is 42.0 Å². The third-order valence-electron chi connectivity index (χ3n) is 6.17. The maximum absolute atomic E-state index is 13.1. The van der Waals surface area contributed by atoms with Crippen molar-refractivity contribution in [2.24, 2.45) is 0 Å². The second-order valence-electron chi connectivity index (χ2n) is 8.74. The smallest absolute Gasteiger partial charge is 0.237 e. The minimum absolute atomic E-state index is 0.0174. The number of hydrogen-bond acceptors (Lipinski definition) is 10. The summed E-state index contributed by atoms with van der Waals surface area (Å²) in [5.74, 6) is 0.555. The molecule has 1 unspecified atom stereocenters. The Hall–Kier alpha value is -3.16. The van der Waals surface area contributed by atoms with Gasteiger partial charge >= 0.3 is 0 Å². The highest BCUT2D eigenvalue weighted by Crippen LogP contribution is 2.37. The van der Waals surface area contributed by atoms with Gasteiger partial charge in [0.15, 0.2) is 21.5 Å². The van der Waals surface area contributed by atoms with E-state index in [1.807, 2.05) is 0 Å². The number of nitrogens with one attached hydrogen (secondary N) is 2. The Morgan fingerprint density at radius 2 is 1.76 bits per heavy atom. The molecule has 1 fully saturated rings. The van der Waals surface area contributed by atoms with E-state index in [2.05, 4.69) is 20.0 Å². The number of ether oxygens (including phenoxy) is 2. The molecule has 200 valence electrons. The zero-order valence-electron chi connectivity index (χ0n) is 20.6. The number of fused-ring (bicyclic) bond motifs is 1. The molecule has 2 aromatic carbocycles. The van der Waals surface area contributed by atoms with Crippen LogP contribution in [0.5, 0.6) is 11.5 Å². The van der Waals surface area contributed by atoms with Crippen molar-refractivity contribution >= 4 is 48.2 Å². The molecule has 4 rings (SSSR count). The number of hydrogen-bond donors (Lipinski definition) is 3. The van der Waals surface area contributed by atoms with E-state index < -0.39 is 30.9 Å². The predicted molar refractivity (Wildman–Crippen MR) is 142 cm³/mol. The molecule has 3 N–H and O–H groups in total. The lowest BCUT2D eigenvalue weighted by Crippen LogP contribution is -2.29. The monoisotopic (exact) mass is 550 g/mol. The van der Waals surface area contributed by atoms with Gasteiger partial charge in [0.2, 0.25) is 10.0 Å². The van der Waals surface area contributed by atoms with E-state index in [4.69, 9.17) is 9.47 Å². The standard InChI is InChI=1S/C24H30N4O7S2/c1-34-16-13-21(18(7-5-6-11-29)22(14-16)35-2)27-23-24(26-20-9-4-3-8-19(20)25-23)28-37(32,33)17-10-12-36(30,31)15-17/h3-4,8-9,13-14,17,29H,5-7,10-12,15H2,1-2H3,(H,25,27)(H,26,28). The van der Waals surface area contributed by atoms with Crippen molar-refractivity contribution in [3.63, 3.8) is 0 Å². The Morgan fingerprint density at radius 1 is 1.05 bits per heavy atom. The average Bonchev–Trinajstić information content (AvgIpc) is 3.25. The van der Waals surface area contributed by atoms with E-state index in [-0.39, 0.29) is 30.4 Å². The molecule has 0 spiro atoms. The van der Waals surface area contributed by atoms with Crippen LogP contribution in [0.15, 0.2) is 36.4 Å². The van der Waals surface area contributed by atoms with Gasteiger partial charge in [-0.15, -0.1) is 0 Å². The molecule has 0 aliphatic carbocycles. The summed E-state index contributed by atoms with van der Waals surface area (Å²) in [4.78, 5) is 9.11. The summed E-state index contributed by atoms with van der Waals surface area (Å²) >= 11 is 0. The molecule has 0 radical (unpaired) electrons. The molecule has 0 bridgehead atoms. The number of rotatable bonds is 11. The molecule has 11 nitrogen and oxygen atoms in total. The van der Waals surface area contributed by atoms with E-state index in [9.17, 15) is 21.9 Å². The van der Waals surface area contributed by atoms with Gasteiger partial charge in [0.05, 0.1) is 47.7 Å². The number of sulfonamides is 1. The van der Waals surface area contributed by atoms with Crippen molar-refractivity contribution < 1.29 is 31.4 Å². The molecule has 1 aliphatic heterocycles. The number of unbranched alkanes of at least 4 members (excludes halogenated alkanes) is 1. The lowest BCUT2D eigenvalue weighted by atomic mass is 10.0. The van der Waals surface area contributed by atoms with Gasteiger partial charge < -0.3 is 19.9 Å². The minimum atomic E-state index is -4.07. The molecule has 13 heteroatoms. The topological polar surface area (TPSA) is 157 Å². The van der Waals surface area contributed by atoms with Crippen molar-refractivity contribution in [2.75, 3.05) is 42.4 Å². The summed E-state index contributed by atoms with van der Waals surface area (Å²) in [6, 6.07) is 10.5. The average molecular weight is 551 g/mol. The van der Waals surface area contributed by atoms with Crippen molar-refractivity contribution in [1.82, 2.24) is 9.97 Å². The third kappa shape index (κ3) is 6.22. The van der Waals surface area contributed by atoms with Crippen LogP contribution in [0.4, 0.5) is 17.3 Å². The number of aliphatic hydroxyl groups excluding tert-OH is 1. The Labute approximate surface area is 216 Å². The highest BCUT2D eigenvalue weighted by molar-refractivity contribution is 7.97. The highest BCUT2D eigenvalue weighted by Gasteiger charge is 2.38. The second-order valence-corrected chi connectivity index (χ2v) is 12.9. The number of para-hydroxylation sites is 2. The molecule has 1 saturated heterocycles. The fraction of sp³-hybridized carbons (Fsp3) is 0.417. The fourth-order valence-corrected chi connectivity index (χ4v) is 8.25. The zero-order valence-corrected chi connectivity index (χ0v) is 22.2. The van der Waals surface area contributed by atoms with Crippen LogP contribution in [0, 0.1) is 0 Å². The number of methoxy groups -OCH3 is 2. The maximum atomic E-state index is 13.1. The highest BCUT2D eigenvalue weighted by atomic mass is 32.2. The van der Waals surface area contributed by atoms with Gasteiger partial charge in [-0.3, -0.25) is 4.72 Å². The molecule has 1 aliphatic rings. The number of aliphatic hydroxyl groups is 1. The van der Waals surface area contributed by atoms with E-state index in [1.54, 1.807) is 43.5 Å². The van der Waals surface area contributed by atoms with Crippen LogP contribution in [0.2, 0.25) is 0 Å². The van der Waals surface area contributed by atoms with Gasteiger partial charge in [-0.05, 0) is 37.8 Å². The first-order valence-corrected chi connectivity index (χ1v) is 15.1. The van der Waals surface area contributed by atoms with Crippen LogP contribution < -0.4 is 19.5 Å². The van der Waals surface area contributed by atoms with Gasteiger partial charge in [0, 0.05) is 24.3 Å². The van der Waals surface area contributed by atoms with Gasteiger partial charge in [-0.2, -0.15) is 0 Å². The van der Waals surface area contributed by atoms with Crippen LogP contribution in [-0.2, 0) is 26.3 Å². The summed E-state index contributed by atoms with van der Waals surface area (Å²) in [5.41, 5.74) is 2.37. The Morgan fingerprint density at radius 3 is 2.35 bits per heavy atom. The fourth-order valence-electron chi connectivity index (χ4n) is 4.21. The largest absolute Gasteiger partial charge is 0.497 e. The number of aromatic nitrogens is 2. The number of sulfone groups is 1. The number of anilines is 3. The van der Waals surface area contributed by atoms with E-state index in [1.165, 1.54) is 7.11 Å². The van der Waals surface area contributed by atoms with Crippen LogP contribution in [0.25, 0.3) is 11.0 Å². The third-order valence-corrected chi connectivity index (χ3v) is 9.90. The molecule has 2 heterocycles. The van der Waals surface area contributed by atoms with Gasteiger partial charge in [0.1, 0.15) is 11.5 Å².